The predicted molar refractivity (Wildman–Crippen MR) is 122 cm³/mol. The summed E-state index contributed by atoms with van der Waals surface area (Å²) in [5.74, 6) is -0.427. The summed E-state index contributed by atoms with van der Waals surface area (Å²) in [5, 5.41) is 0.152. The minimum atomic E-state index is -0.678. The van der Waals surface area contributed by atoms with Crippen molar-refractivity contribution < 1.29 is 23.8 Å². The van der Waals surface area contributed by atoms with Gasteiger partial charge >= 0.3 is 12.1 Å². The molecule has 2 heterocycles. The molecule has 1 saturated heterocycles. The van der Waals surface area contributed by atoms with Crippen LogP contribution >= 0.6 is 12.2 Å². The van der Waals surface area contributed by atoms with Crippen LogP contribution in [-0.4, -0.2) is 56.0 Å². The van der Waals surface area contributed by atoms with Crippen molar-refractivity contribution in [1.29, 1.82) is 0 Å². The fourth-order valence-electron chi connectivity index (χ4n) is 3.50. The molecule has 0 N–H and O–H groups in total. The van der Waals surface area contributed by atoms with Crippen LogP contribution in [0.5, 0.6) is 0 Å². The molecule has 0 radical (unpaired) electrons. The zero-order valence-corrected chi connectivity index (χ0v) is 19.4. The largest absolute Gasteiger partial charge is 0.464 e. The van der Waals surface area contributed by atoms with Crippen molar-refractivity contribution >= 4 is 29.5 Å². The molecule has 0 unspecified atom stereocenters. The van der Waals surface area contributed by atoms with Gasteiger partial charge in [-0.25, -0.2) is 9.78 Å². The molecule has 0 bridgehead atoms. The molecule has 3 rings (SSSR count). The van der Waals surface area contributed by atoms with Gasteiger partial charge in [0.15, 0.2) is 0 Å². The van der Waals surface area contributed by atoms with Crippen molar-refractivity contribution in [3.8, 4) is 0 Å². The Morgan fingerprint density at radius 3 is 2.66 bits per heavy atom. The van der Waals surface area contributed by atoms with Crippen LogP contribution in [-0.2, 0) is 25.6 Å². The number of esters is 1. The fourth-order valence-corrected chi connectivity index (χ4v) is 3.73. The first kappa shape index (κ1) is 23.7. The lowest BCUT2D eigenvalue weighted by Gasteiger charge is -2.33. The van der Waals surface area contributed by atoms with E-state index in [0.717, 1.165) is 12.0 Å². The van der Waals surface area contributed by atoms with E-state index in [1.165, 1.54) is 6.33 Å². The summed E-state index contributed by atoms with van der Waals surface area (Å²) in [6.45, 7) is 6.15. The summed E-state index contributed by atoms with van der Waals surface area (Å²) >= 11 is 5.39. The average molecular weight is 460 g/mol. The number of hydrogen-bond acceptors (Lipinski definition) is 7. The Hall–Kier alpha value is -2.94. The van der Waals surface area contributed by atoms with Crippen molar-refractivity contribution in [3.05, 3.63) is 54.6 Å². The second kappa shape index (κ2) is 10.6. The van der Waals surface area contributed by atoms with Crippen LogP contribution in [0.1, 0.15) is 45.6 Å². The molecule has 2 atom stereocenters. The van der Waals surface area contributed by atoms with Crippen LogP contribution in [0.2, 0.25) is 0 Å². The summed E-state index contributed by atoms with van der Waals surface area (Å²) in [6.07, 6.45) is 5.06. The number of nitrogens with zero attached hydrogens (tertiary/aromatic N) is 3. The third-order valence-electron chi connectivity index (χ3n) is 4.93. The number of thiocarbonyl (C=S) groups is 1. The third kappa shape index (κ3) is 6.78. The number of benzene rings is 1. The molecule has 0 saturated carbocycles. The first-order valence-electron chi connectivity index (χ1n) is 10.6. The van der Waals surface area contributed by atoms with E-state index in [1.54, 1.807) is 21.9 Å². The van der Waals surface area contributed by atoms with Gasteiger partial charge in [-0.2, -0.15) is 0 Å². The van der Waals surface area contributed by atoms with E-state index in [2.05, 4.69) is 4.98 Å². The van der Waals surface area contributed by atoms with Crippen LogP contribution in [0.4, 0.5) is 4.79 Å². The van der Waals surface area contributed by atoms with Crippen LogP contribution in [0.25, 0.3) is 0 Å². The Balaban J connectivity index is 1.71. The van der Waals surface area contributed by atoms with Crippen molar-refractivity contribution in [1.82, 2.24) is 14.5 Å². The Labute approximate surface area is 193 Å². The molecular formula is C23H29N3O5S. The standard InChI is InChI=1S/C23H29N3O5S/c1-23(2,3)31-21(28)26-12-7-10-18(26)19(30-22(32)25-13-11-24-16-25)14-20(27)29-15-17-8-5-4-6-9-17/h4-6,8-9,11,13,16,18-19H,7,10,12,14-15H2,1-3H3/t18-,19+/m0/s1. The topological polar surface area (TPSA) is 82.9 Å². The number of likely N-dealkylation sites (tertiary alicyclic amines) is 1. The number of rotatable bonds is 6. The summed E-state index contributed by atoms with van der Waals surface area (Å²) in [4.78, 5) is 31.0. The summed E-state index contributed by atoms with van der Waals surface area (Å²) in [6, 6.07) is 9.08. The number of amides is 1. The molecule has 9 heteroatoms. The second-order valence-electron chi connectivity index (χ2n) is 8.63. The molecule has 1 amide bonds. The monoisotopic (exact) mass is 459 g/mol. The van der Waals surface area contributed by atoms with Gasteiger partial charge in [0.25, 0.3) is 5.17 Å². The van der Waals surface area contributed by atoms with Crippen LogP contribution in [0, 0.1) is 0 Å². The average Bonchev–Trinajstić information content (AvgIpc) is 3.43. The molecule has 172 valence electrons. The van der Waals surface area contributed by atoms with Gasteiger partial charge in [0, 0.05) is 18.9 Å². The minimum absolute atomic E-state index is 0.0500. The predicted octanol–water partition coefficient (Wildman–Crippen LogP) is 3.93. The SMILES string of the molecule is CC(C)(C)OC(=O)N1CCC[C@H]1[C@@H](CC(=O)OCc1ccccc1)OC(=S)n1ccnc1. The summed E-state index contributed by atoms with van der Waals surface area (Å²) in [5.41, 5.74) is 0.268. The Morgan fingerprint density at radius 1 is 1.25 bits per heavy atom. The van der Waals surface area contributed by atoms with Gasteiger partial charge in [0.05, 0.1) is 12.5 Å². The number of hydrogen-bond donors (Lipinski definition) is 0. The van der Waals surface area contributed by atoms with Crippen molar-refractivity contribution in [2.75, 3.05) is 6.54 Å². The number of carbonyl (C=O) groups excluding carboxylic acids is 2. The van der Waals surface area contributed by atoms with Crippen molar-refractivity contribution in [2.45, 2.75) is 64.4 Å². The first-order valence-corrected chi connectivity index (χ1v) is 11.0. The minimum Gasteiger partial charge on any atom is -0.464 e. The molecule has 1 aliphatic heterocycles. The smallest absolute Gasteiger partial charge is 0.410 e. The highest BCUT2D eigenvalue weighted by molar-refractivity contribution is 7.80. The Bertz CT molecular complexity index is 911. The molecule has 0 aliphatic carbocycles. The molecule has 1 aromatic carbocycles. The van der Waals surface area contributed by atoms with Gasteiger partial charge in [-0.3, -0.25) is 9.36 Å². The van der Waals surface area contributed by atoms with Gasteiger partial charge in [-0.05, 0) is 51.4 Å². The van der Waals surface area contributed by atoms with Gasteiger partial charge < -0.3 is 19.1 Å². The second-order valence-corrected chi connectivity index (χ2v) is 8.98. The lowest BCUT2D eigenvalue weighted by Crippen LogP contribution is -2.47. The normalized spacial score (nSPS) is 17.0. The maximum Gasteiger partial charge on any atom is 0.410 e. The van der Waals surface area contributed by atoms with E-state index in [-0.39, 0.29) is 24.2 Å². The molecular weight excluding hydrogens is 430 g/mol. The quantitative estimate of drug-likeness (QED) is 0.478. The molecule has 1 aromatic heterocycles. The van der Waals surface area contributed by atoms with E-state index >= 15 is 0 Å². The van der Waals surface area contributed by atoms with Crippen LogP contribution < -0.4 is 0 Å². The zero-order chi connectivity index (χ0) is 23.1. The highest BCUT2D eigenvalue weighted by Crippen LogP contribution is 2.27. The molecule has 1 aliphatic rings. The molecule has 0 spiro atoms. The maximum atomic E-state index is 12.8. The number of ether oxygens (including phenoxy) is 3. The van der Waals surface area contributed by atoms with Gasteiger partial charge in [-0.15, -0.1) is 0 Å². The zero-order valence-electron chi connectivity index (χ0n) is 18.6. The Morgan fingerprint density at radius 2 is 2.00 bits per heavy atom. The lowest BCUT2D eigenvalue weighted by atomic mass is 10.1. The van der Waals surface area contributed by atoms with Crippen LogP contribution in [0.3, 0.4) is 0 Å². The number of aromatic nitrogens is 2. The molecule has 32 heavy (non-hydrogen) atoms. The van der Waals surface area contributed by atoms with E-state index in [0.29, 0.717) is 13.0 Å². The molecule has 1 fully saturated rings. The summed E-state index contributed by atoms with van der Waals surface area (Å²) in [7, 11) is 0. The fraction of sp³-hybridized carbons (Fsp3) is 0.478. The van der Waals surface area contributed by atoms with E-state index < -0.39 is 23.8 Å². The molecule has 2 aromatic rings. The van der Waals surface area contributed by atoms with Crippen LogP contribution in [0.15, 0.2) is 49.1 Å². The number of imidazole rings is 1. The Kier molecular flexibility index (Phi) is 7.84. The van der Waals surface area contributed by atoms with E-state index in [4.69, 9.17) is 26.4 Å². The van der Waals surface area contributed by atoms with Gasteiger partial charge in [0.2, 0.25) is 0 Å². The first-order chi connectivity index (χ1) is 15.2. The number of carbonyl (C=O) groups is 2. The third-order valence-corrected chi connectivity index (χ3v) is 5.24. The highest BCUT2D eigenvalue weighted by Gasteiger charge is 2.40. The molecule has 8 nitrogen and oxygen atoms in total. The van der Waals surface area contributed by atoms with Crippen molar-refractivity contribution in [3.63, 3.8) is 0 Å². The maximum absolute atomic E-state index is 12.8. The van der Waals surface area contributed by atoms with Gasteiger partial charge in [-0.1, -0.05) is 30.3 Å². The summed E-state index contributed by atoms with van der Waals surface area (Å²) < 4.78 is 18.6. The van der Waals surface area contributed by atoms with Gasteiger partial charge in [0.1, 0.15) is 24.6 Å². The van der Waals surface area contributed by atoms with E-state index in [1.807, 2.05) is 51.1 Å². The lowest BCUT2D eigenvalue weighted by molar-refractivity contribution is -0.147. The highest BCUT2D eigenvalue weighted by atomic mass is 32.1. The van der Waals surface area contributed by atoms with E-state index in [9.17, 15) is 9.59 Å². The van der Waals surface area contributed by atoms with Crippen molar-refractivity contribution in [2.24, 2.45) is 0 Å².